The van der Waals surface area contributed by atoms with Gasteiger partial charge in [-0.15, -0.1) is 0 Å². The lowest BCUT2D eigenvalue weighted by Crippen LogP contribution is -2.07. The van der Waals surface area contributed by atoms with Crippen LogP contribution in [-0.4, -0.2) is 22.2 Å². The first-order chi connectivity index (χ1) is 8.58. The van der Waals surface area contributed by atoms with E-state index < -0.39 is 11.9 Å². The molecular formula is C11H6BrNO5. The van der Waals surface area contributed by atoms with Crippen molar-refractivity contribution < 1.29 is 24.0 Å². The molecule has 0 radical (unpaired) electrons. The van der Waals surface area contributed by atoms with E-state index in [-0.39, 0.29) is 11.5 Å². The van der Waals surface area contributed by atoms with Crippen LogP contribution in [0.15, 0.2) is 39.3 Å². The molecule has 0 aliphatic heterocycles. The number of hydrogen-bond donors (Lipinski definition) is 1. The Kier molecular flexibility index (Phi) is 3.42. The normalized spacial score (nSPS) is 10.1. The molecule has 0 spiro atoms. The number of rotatable bonds is 3. The maximum absolute atomic E-state index is 11.6. The lowest BCUT2D eigenvalue weighted by Gasteiger charge is -2.02. The minimum atomic E-state index is -1.28. The third kappa shape index (κ3) is 2.57. The second-order valence-corrected chi connectivity index (χ2v) is 4.06. The number of aromatic carboxylic acids is 1. The number of carbonyl (C=O) groups excluding carboxylic acids is 1. The summed E-state index contributed by atoms with van der Waals surface area (Å²) in [6, 6.07) is 7.73. The van der Waals surface area contributed by atoms with Gasteiger partial charge in [-0.3, -0.25) is 0 Å². The number of carbonyl (C=O) groups is 2. The molecule has 0 aliphatic carbocycles. The number of para-hydroxylation sites is 1. The fourth-order valence-corrected chi connectivity index (χ4v) is 1.52. The maximum atomic E-state index is 11.6. The van der Waals surface area contributed by atoms with E-state index in [2.05, 4.69) is 25.6 Å². The van der Waals surface area contributed by atoms with Gasteiger partial charge in [-0.05, 0) is 28.1 Å². The van der Waals surface area contributed by atoms with Crippen molar-refractivity contribution in [2.45, 2.75) is 0 Å². The van der Waals surface area contributed by atoms with Gasteiger partial charge in [-0.25, -0.2) is 9.59 Å². The monoisotopic (exact) mass is 311 g/mol. The summed E-state index contributed by atoms with van der Waals surface area (Å²) in [5, 5.41) is 11.8. The first kappa shape index (κ1) is 12.3. The van der Waals surface area contributed by atoms with Gasteiger partial charge in [0.2, 0.25) is 5.76 Å². The van der Waals surface area contributed by atoms with Crippen LogP contribution in [0, 0.1) is 0 Å². The van der Waals surface area contributed by atoms with Gasteiger partial charge in [0, 0.05) is 6.07 Å². The van der Waals surface area contributed by atoms with E-state index in [1.165, 1.54) is 0 Å². The Morgan fingerprint density at radius 3 is 2.67 bits per heavy atom. The average Bonchev–Trinajstić information content (AvgIpc) is 2.81. The van der Waals surface area contributed by atoms with Gasteiger partial charge in [0.15, 0.2) is 5.69 Å². The zero-order valence-corrected chi connectivity index (χ0v) is 10.4. The molecule has 0 unspecified atom stereocenters. The second-order valence-electron chi connectivity index (χ2n) is 3.20. The average molecular weight is 312 g/mol. The molecule has 0 saturated heterocycles. The molecule has 0 atom stereocenters. The molecule has 0 fully saturated rings. The molecule has 2 rings (SSSR count). The molecule has 0 saturated carbocycles. The Bertz CT molecular complexity index is 607. The van der Waals surface area contributed by atoms with Crippen LogP contribution in [0.2, 0.25) is 0 Å². The Balaban J connectivity index is 2.17. The molecule has 0 bridgehead atoms. The Hall–Kier alpha value is -2.15. The van der Waals surface area contributed by atoms with Crippen LogP contribution in [0.1, 0.15) is 21.0 Å². The molecule has 1 aromatic carbocycles. The molecule has 92 valence electrons. The molecule has 1 aromatic heterocycles. The van der Waals surface area contributed by atoms with Gasteiger partial charge in [-0.1, -0.05) is 17.3 Å². The van der Waals surface area contributed by atoms with Crippen LogP contribution in [0.3, 0.4) is 0 Å². The number of benzene rings is 1. The third-order valence-electron chi connectivity index (χ3n) is 1.97. The Labute approximate surface area is 109 Å². The number of aromatic nitrogens is 1. The number of ether oxygens (including phenoxy) is 1. The summed E-state index contributed by atoms with van der Waals surface area (Å²) in [6.45, 7) is 0. The van der Waals surface area contributed by atoms with Crippen molar-refractivity contribution in [2.75, 3.05) is 0 Å². The van der Waals surface area contributed by atoms with Crippen molar-refractivity contribution >= 4 is 27.9 Å². The van der Waals surface area contributed by atoms with E-state index in [1.54, 1.807) is 24.3 Å². The molecular weight excluding hydrogens is 306 g/mol. The SMILES string of the molecule is O=C(O)c1cc(C(=O)Oc2ccccc2Br)on1. The zero-order valence-electron chi connectivity index (χ0n) is 8.79. The number of hydrogen-bond acceptors (Lipinski definition) is 5. The van der Waals surface area contributed by atoms with Crippen LogP contribution in [0.4, 0.5) is 0 Å². The quantitative estimate of drug-likeness (QED) is 0.691. The van der Waals surface area contributed by atoms with Gasteiger partial charge in [0.05, 0.1) is 4.47 Å². The first-order valence-electron chi connectivity index (χ1n) is 4.74. The van der Waals surface area contributed by atoms with Gasteiger partial charge in [-0.2, -0.15) is 0 Å². The predicted octanol–water partition coefficient (Wildman–Crippen LogP) is 2.35. The molecule has 18 heavy (non-hydrogen) atoms. The minimum absolute atomic E-state index is 0.275. The van der Waals surface area contributed by atoms with E-state index in [0.29, 0.717) is 10.2 Å². The summed E-state index contributed by atoms with van der Waals surface area (Å²) in [4.78, 5) is 22.2. The van der Waals surface area contributed by atoms with Crippen molar-refractivity contribution in [3.63, 3.8) is 0 Å². The van der Waals surface area contributed by atoms with Crippen LogP contribution in [0.5, 0.6) is 5.75 Å². The first-order valence-corrected chi connectivity index (χ1v) is 5.54. The molecule has 2 aromatic rings. The molecule has 1 heterocycles. The number of nitrogens with zero attached hydrogens (tertiary/aromatic N) is 1. The smallest absolute Gasteiger partial charge is 0.382 e. The third-order valence-corrected chi connectivity index (χ3v) is 2.62. The molecule has 0 amide bonds. The fraction of sp³-hybridized carbons (Fsp3) is 0. The summed E-state index contributed by atoms with van der Waals surface area (Å²) in [5.41, 5.74) is -0.353. The number of carboxylic acids is 1. The highest BCUT2D eigenvalue weighted by Gasteiger charge is 2.19. The van der Waals surface area contributed by atoms with Crippen LogP contribution >= 0.6 is 15.9 Å². The molecule has 0 aliphatic rings. The standard InChI is InChI=1S/C11H6BrNO5/c12-6-3-1-2-4-8(6)17-11(16)9-5-7(10(14)15)13-18-9/h1-5H,(H,14,15). The van der Waals surface area contributed by atoms with E-state index in [1.807, 2.05) is 0 Å². The van der Waals surface area contributed by atoms with E-state index in [4.69, 9.17) is 9.84 Å². The van der Waals surface area contributed by atoms with E-state index in [9.17, 15) is 9.59 Å². The van der Waals surface area contributed by atoms with Crippen molar-refractivity contribution in [1.29, 1.82) is 0 Å². The van der Waals surface area contributed by atoms with Crippen LogP contribution in [0.25, 0.3) is 0 Å². The minimum Gasteiger partial charge on any atom is -0.476 e. The van der Waals surface area contributed by atoms with Crippen molar-refractivity contribution in [3.05, 3.63) is 46.3 Å². The summed E-state index contributed by atoms with van der Waals surface area (Å²) >= 11 is 3.21. The van der Waals surface area contributed by atoms with Crippen LogP contribution in [-0.2, 0) is 0 Å². The zero-order chi connectivity index (χ0) is 13.1. The summed E-state index contributed by atoms with van der Waals surface area (Å²) in [6.07, 6.45) is 0. The predicted molar refractivity (Wildman–Crippen MR) is 62.6 cm³/mol. The molecule has 1 N–H and O–H groups in total. The Morgan fingerprint density at radius 1 is 1.33 bits per heavy atom. The Morgan fingerprint density at radius 2 is 2.06 bits per heavy atom. The lowest BCUT2D eigenvalue weighted by atomic mass is 10.3. The molecule has 6 nitrogen and oxygen atoms in total. The van der Waals surface area contributed by atoms with Gasteiger partial charge < -0.3 is 14.4 Å². The van der Waals surface area contributed by atoms with E-state index >= 15 is 0 Å². The topological polar surface area (TPSA) is 89.6 Å². The molecule has 7 heteroatoms. The largest absolute Gasteiger partial charge is 0.476 e. The highest BCUT2D eigenvalue weighted by molar-refractivity contribution is 9.10. The fourth-order valence-electron chi connectivity index (χ4n) is 1.15. The highest BCUT2D eigenvalue weighted by Crippen LogP contribution is 2.24. The summed E-state index contributed by atoms with van der Waals surface area (Å²) in [5.74, 6) is -2.07. The highest BCUT2D eigenvalue weighted by atomic mass is 79.9. The maximum Gasteiger partial charge on any atom is 0.382 e. The van der Waals surface area contributed by atoms with Gasteiger partial charge in [0.25, 0.3) is 0 Å². The van der Waals surface area contributed by atoms with E-state index in [0.717, 1.165) is 6.07 Å². The number of carboxylic acid groups (broad SMARTS) is 1. The van der Waals surface area contributed by atoms with Crippen molar-refractivity contribution in [1.82, 2.24) is 5.16 Å². The summed E-state index contributed by atoms with van der Waals surface area (Å²) in [7, 11) is 0. The van der Waals surface area contributed by atoms with Crippen molar-refractivity contribution in [2.24, 2.45) is 0 Å². The summed E-state index contributed by atoms with van der Waals surface area (Å²) < 4.78 is 10.2. The number of halogens is 1. The second kappa shape index (κ2) is 5.01. The van der Waals surface area contributed by atoms with Crippen LogP contribution < -0.4 is 4.74 Å². The van der Waals surface area contributed by atoms with Gasteiger partial charge >= 0.3 is 11.9 Å². The lowest BCUT2D eigenvalue weighted by molar-refractivity contribution is 0.0667. The van der Waals surface area contributed by atoms with Crippen molar-refractivity contribution in [3.8, 4) is 5.75 Å². The number of esters is 1. The van der Waals surface area contributed by atoms with Gasteiger partial charge in [0.1, 0.15) is 5.75 Å².